The van der Waals surface area contributed by atoms with Gasteiger partial charge in [-0.15, -0.1) is 0 Å². The monoisotopic (exact) mass is 267 g/mol. The van der Waals surface area contributed by atoms with E-state index in [1.807, 2.05) is 14.0 Å². The summed E-state index contributed by atoms with van der Waals surface area (Å²) < 4.78 is 0. The molecule has 0 radical (unpaired) electrons. The largest absolute Gasteiger partial charge is 0.354 e. The van der Waals surface area contributed by atoms with Crippen LogP contribution in [0.2, 0.25) is 0 Å². The van der Waals surface area contributed by atoms with E-state index in [9.17, 15) is 10.1 Å². The fourth-order valence-electron chi connectivity index (χ4n) is 1.90. The molecule has 0 aliphatic rings. The van der Waals surface area contributed by atoms with Crippen molar-refractivity contribution in [3.05, 3.63) is 15.8 Å². The van der Waals surface area contributed by atoms with Crippen molar-refractivity contribution >= 4 is 17.5 Å². The average molecular weight is 267 g/mol. The van der Waals surface area contributed by atoms with Crippen molar-refractivity contribution < 1.29 is 4.92 Å². The zero-order valence-corrected chi connectivity index (χ0v) is 12.1. The SMILES string of the molecule is CCNc1nc(C)c([N+](=O)[O-])c(N(C)CC(C)C)n1. The molecule has 0 aliphatic carbocycles. The van der Waals surface area contributed by atoms with Gasteiger partial charge >= 0.3 is 5.69 Å². The van der Waals surface area contributed by atoms with E-state index in [1.165, 1.54) is 0 Å². The van der Waals surface area contributed by atoms with Crippen LogP contribution in [0.25, 0.3) is 0 Å². The van der Waals surface area contributed by atoms with Gasteiger partial charge in [-0.1, -0.05) is 13.8 Å². The van der Waals surface area contributed by atoms with Crippen molar-refractivity contribution in [2.24, 2.45) is 5.92 Å². The zero-order valence-electron chi connectivity index (χ0n) is 12.1. The van der Waals surface area contributed by atoms with Gasteiger partial charge in [0.1, 0.15) is 5.69 Å². The zero-order chi connectivity index (χ0) is 14.6. The third-order valence-corrected chi connectivity index (χ3v) is 2.56. The van der Waals surface area contributed by atoms with Crippen LogP contribution in [-0.2, 0) is 0 Å². The maximum atomic E-state index is 11.2. The van der Waals surface area contributed by atoms with E-state index in [1.54, 1.807) is 11.8 Å². The van der Waals surface area contributed by atoms with E-state index < -0.39 is 4.92 Å². The van der Waals surface area contributed by atoms with Crippen molar-refractivity contribution in [1.29, 1.82) is 0 Å². The van der Waals surface area contributed by atoms with Crippen LogP contribution in [-0.4, -0.2) is 35.0 Å². The summed E-state index contributed by atoms with van der Waals surface area (Å²) >= 11 is 0. The lowest BCUT2D eigenvalue weighted by molar-refractivity contribution is -0.385. The molecule has 19 heavy (non-hydrogen) atoms. The summed E-state index contributed by atoms with van der Waals surface area (Å²) in [6.07, 6.45) is 0. The van der Waals surface area contributed by atoms with Gasteiger partial charge in [0.2, 0.25) is 11.8 Å². The molecule has 0 bridgehead atoms. The Balaban J connectivity index is 3.26. The highest BCUT2D eigenvalue weighted by Gasteiger charge is 2.25. The molecule has 0 spiro atoms. The van der Waals surface area contributed by atoms with Crippen LogP contribution >= 0.6 is 0 Å². The molecule has 1 aromatic heterocycles. The fourth-order valence-corrected chi connectivity index (χ4v) is 1.90. The Morgan fingerprint density at radius 1 is 1.42 bits per heavy atom. The second-order valence-electron chi connectivity index (χ2n) is 4.87. The Bertz CT molecular complexity index is 462. The Labute approximate surface area is 113 Å². The van der Waals surface area contributed by atoms with Gasteiger partial charge in [0.15, 0.2) is 0 Å². The first kappa shape index (κ1) is 15.1. The fraction of sp³-hybridized carbons (Fsp3) is 0.667. The molecular weight excluding hydrogens is 246 g/mol. The molecule has 1 rings (SSSR count). The van der Waals surface area contributed by atoms with Crippen LogP contribution in [0.3, 0.4) is 0 Å². The molecule has 1 heterocycles. The van der Waals surface area contributed by atoms with Crippen LogP contribution in [0.1, 0.15) is 26.5 Å². The Morgan fingerprint density at radius 2 is 2.05 bits per heavy atom. The molecule has 0 aromatic carbocycles. The van der Waals surface area contributed by atoms with Crippen LogP contribution in [0, 0.1) is 23.0 Å². The van der Waals surface area contributed by atoms with E-state index in [2.05, 4.69) is 29.1 Å². The number of aryl methyl sites for hydroxylation is 1. The Hall–Kier alpha value is -1.92. The molecule has 0 saturated carbocycles. The molecular formula is C12H21N5O2. The van der Waals surface area contributed by atoms with Crippen molar-refractivity contribution in [1.82, 2.24) is 9.97 Å². The summed E-state index contributed by atoms with van der Waals surface area (Å²) in [5, 5.41) is 14.2. The Morgan fingerprint density at radius 3 is 2.53 bits per heavy atom. The second-order valence-corrected chi connectivity index (χ2v) is 4.87. The van der Waals surface area contributed by atoms with Gasteiger partial charge in [-0.05, 0) is 19.8 Å². The molecule has 1 N–H and O–H groups in total. The van der Waals surface area contributed by atoms with Crippen LogP contribution < -0.4 is 10.2 Å². The smallest absolute Gasteiger partial charge is 0.332 e. The van der Waals surface area contributed by atoms with Gasteiger partial charge in [-0.2, -0.15) is 4.98 Å². The maximum absolute atomic E-state index is 11.2. The van der Waals surface area contributed by atoms with Gasteiger partial charge in [-0.25, -0.2) is 4.98 Å². The highest BCUT2D eigenvalue weighted by molar-refractivity contribution is 5.62. The number of nitrogens with one attached hydrogen (secondary N) is 1. The highest BCUT2D eigenvalue weighted by Crippen LogP contribution is 2.29. The number of hydrogen-bond donors (Lipinski definition) is 1. The quantitative estimate of drug-likeness (QED) is 0.628. The van der Waals surface area contributed by atoms with E-state index in [-0.39, 0.29) is 5.69 Å². The van der Waals surface area contributed by atoms with Crippen molar-refractivity contribution in [2.45, 2.75) is 27.7 Å². The number of hydrogen-bond acceptors (Lipinski definition) is 6. The molecule has 1 aromatic rings. The first-order valence-electron chi connectivity index (χ1n) is 6.34. The predicted molar refractivity (Wildman–Crippen MR) is 75.7 cm³/mol. The van der Waals surface area contributed by atoms with E-state index in [4.69, 9.17) is 0 Å². The Kier molecular flexibility index (Phi) is 5.02. The normalized spacial score (nSPS) is 10.6. The minimum atomic E-state index is -0.419. The summed E-state index contributed by atoms with van der Waals surface area (Å²) in [6.45, 7) is 9.04. The van der Waals surface area contributed by atoms with Crippen LogP contribution in [0.5, 0.6) is 0 Å². The molecule has 106 valence electrons. The number of rotatable bonds is 6. The van der Waals surface area contributed by atoms with Crippen LogP contribution in [0.15, 0.2) is 0 Å². The maximum Gasteiger partial charge on any atom is 0.332 e. The van der Waals surface area contributed by atoms with Gasteiger partial charge in [0.25, 0.3) is 0 Å². The van der Waals surface area contributed by atoms with Crippen molar-refractivity contribution in [3.63, 3.8) is 0 Å². The highest BCUT2D eigenvalue weighted by atomic mass is 16.6. The number of aromatic nitrogens is 2. The third kappa shape index (κ3) is 3.77. The first-order chi connectivity index (χ1) is 8.86. The summed E-state index contributed by atoms with van der Waals surface area (Å²) in [7, 11) is 1.81. The van der Waals surface area contributed by atoms with E-state index in [0.717, 1.165) is 0 Å². The molecule has 7 heteroatoms. The lowest BCUT2D eigenvalue weighted by Crippen LogP contribution is -2.25. The lowest BCUT2D eigenvalue weighted by atomic mass is 10.2. The summed E-state index contributed by atoms with van der Waals surface area (Å²) in [5.74, 6) is 1.18. The summed E-state index contributed by atoms with van der Waals surface area (Å²) in [4.78, 5) is 20.9. The van der Waals surface area contributed by atoms with E-state index >= 15 is 0 Å². The van der Waals surface area contributed by atoms with Crippen molar-refractivity contribution in [2.75, 3.05) is 30.4 Å². The predicted octanol–water partition coefficient (Wildman–Crippen LogP) is 2.22. The number of nitrogens with zero attached hydrogens (tertiary/aromatic N) is 4. The molecule has 0 atom stereocenters. The standard InChI is InChI=1S/C12H21N5O2/c1-6-13-12-14-9(4)10(17(18)19)11(15-12)16(5)7-8(2)3/h8H,6-7H2,1-5H3,(H,13,14,15). The lowest BCUT2D eigenvalue weighted by Gasteiger charge is -2.21. The number of anilines is 2. The molecule has 7 nitrogen and oxygen atoms in total. The van der Waals surface area contributed by atoms with Crippen molar-refractivity contribution in [3.8, 4) is 0 Å². The minimum absolute atomic E-state index is 0.0233. The molecule has 0 fully saturated rings. The van der Waals surface area contributed by atoms with E-state index in [0.29, 0.717) is 36.5 Å². The summed E-state index contributed by atoms with van der Waals surface area (Å²) in [5.41, 5.74) is 0.353. The molecule has 0 aliphatic heterocycles. The summed E-state index contributed by atoms with van der Waals surface area (Å²) in [6, 6.07) is 0. The van der Waals surface area contributed by atoms with Gasteiger partial charge in [0.05, 0.1) is 4.92 Å². The molecule has 0 saturated heterocycles. The molecule has 0 unspecified atom stereocenters. The van der Waals surface area contributed by atoms with Gasteiger partial charge < -0.3 is 10.2 Å². The third-order valence-electron chi connectivity index (χ3n) is 2.56. The van der Waals surface area contributed by atoms with Crippen LogP contribution in [0.4, 0.5) is 17.5 Å². The first-order valence-corrected chi connectivity index (χ1v) is 6.34. The average Bonchev–Trinajstić information content (AvgIpc) is 2.26. The van der Waals surface area contributed by atoms with Gasteiger partial charge in [0, 0.05) is 20.1 Å². The number of nitro groups is 1. The molecule has 0 amide bonds. The van der Waals surface area contributed by atoms with Gasteiger partial charge in [-0.3, -0.25) is 10.1 Å². The second kappa shape index (κ2) is 6.31. The minimum Gasteiger partial charge on any atom is -0.354 e. The topological polar surface area (TPSA) is 84.2 Å².